The van der Waals surface area contributed by atoms with Crippen LogP contribution in [0.4, 0.5) is 0 Å². The first kappa shape index (κ1) is 24.8. The molecular weight excluding hydrogens is 432 g/mol. The summed E-state index contributed by atoms with van der Waals surface area (Å²) in [5.41, 5.74) is 5.11. The van der Waals surface area contributed by atoms with E-state index in [1.54, 1.807) is 20.3 Å². The highest BCUT2D eigenvalue weighted by atomic mass is 16.5. The zero-order chi connectivity index (χ0) is 24.8. The molecule has 0 fully saturated rings. The van der Waals surface area contributed by atoms with Crippen LogP contribution in [0, 0.1) is 19.8 Å². The highest BCUT2D eigenvalue weighted by Gasteiger charge is 2.22. The third-order valence-electron chi connectivity index (χ3n) is 5.94. The molecule has 178 valence electrons. The SMILES string of the molecule is COC(=O)C1C=Cc2cc(OC)cc(C)c2C1.COC(=O)c1ccc2cc(OC)cc(C)c2c1. The number of esters is 2. The summed E-state index contributed by atoms with van der Waals surface area (Å²) >= 11 is 0. The van der Waals surface area contributed by atoms with Crippen molar-refractivity contribution in [1.82, 2.24) is 0 Å². The van der Waals surface area contributed by atoms with Crippen LogP contribution in [0.2, 0.25) is 0 Å². The van der Waals surface area contributed by atoms with E-state index >= 15 is 0 Å². The van der Waals surface area contributed by atoms with E-state index in [2.05, 4.69) is 0 Å². The van der Waals surface area contributed by atoms with E-state index in [-0.39, 0.29) is 17.9 Å². The second-order valence-corrected chi connectivity index (χ2v) is 8.08. The molecular formula is C28H30O6. The lowest BCUT2D eigenvalue weighted by atomic mass is 9.87. The number of carbonyl (C=O) groups is 2. The molecule has 1 aliphatic carbocycles. The summed E-state index contributed by atoms with van der Waals surface area (Å²) < 4.78 is 19.9. The van der Waals surface area contributed by atoms with Crippen molar-refractivity contribution in [2.45, 2.75) is 20.3 Å². The molecule has 0 aromatic heterocycles. The van der Waals surface area contributed by atoms with Crippen LogP contribution in [0.15, 0.2) is 48.5 Å². The fourth-order valence-corrected chi connectivity index (χ4v) is 4.05. The Hall–Kier alpha value is -3.80. The molecule has 0 saturated carbocycles. The Kier molecular flexibility index (Phi) is 7.95. The number of benzene rings is 3. The van der Waals surface area contributed by atoms with Crippen molar-refractivity contribution in [3.05, 3.63) is 76.4 Å². The summed E-state index contributed by atoms with van der Waals surface area (Å²) in [5, 5.41) is 2.09. The Bertz CT molecular complexity index is 1240. The van der Waals surface area contributed by atoms with Gasteiger partial charge < -0.3 is 18.9 Å². The van der Waals surface area contributed by atoms with Crippen molar-refractivity contribution in [3.8, 4) is 11.5 Å². The van der Waals surface area contributed by atoms with Crippen LogP contribution in [0.1, 0.15) is 32.6 Å². The van der Waals surface area contributed by atoms with Crippen LogP contribution in [0.3, 0.4) is 0 Å². The summed E-state index contributed by atoms with van der Waals surface area (Å²) in [5.74, 6) is 1.01. The van der Waals surface area contributed by atoms with E-state index in [9.17, 15) is 9.59 Å². The Morgan fingerprint density at radius 3 is 2.15 bits per heavy atom. The number of fused-ring (bicyclic) bond motifs is 2. The van der Waals surface area contributed by atoms with Gasteiger partial charge in [0.05, 0.1) is 39.9 Å². The molecule has 1 atom stereocenters. The van der Waals surface area contributed by atoms with Crippen LogP contribution >= 0.6 is 0 Å². The van der Waals surface area contributed by atoms with Gasteiger partial charge >= 0.3 is 11.9 Å². The van der Waals surface area contributed by atoms with Crippen LogP contribution in [-0.4, -0.2) is 40.4 Å². The second kappa shape index (κ2) is 10.9. The number of hydrogen-bond acceptors (Lipinski definition) is 6. The molecule has 0 spiro atoms. The standard InChI is InChI=1S/C14H16O3.C14H14O3/c2*1-9-6-12(16-2)7-10-4-5-11(8-13(9)10)14(15)17-3/h4-7,11H,8H2,1-3H3;4-8H,1-3H3. The zero-order valence-electron chi connectivity index (χ0n) is 20.4. The first-order chi connectivity index (χ1) is 16.3. The van der Waals surface area contributed by atoms with Gasteiger partial charge in [-0.3, -0.25) is 4.79 Å². The highest BCUT2D eigenvalue weighted by molar-refractivity contribution is 5.96. The van der Waals surface area contributed by atoms with E-state index in [0.717, 1.165) is 39.0 Å². The average molecular weight is 463 g/mol. The predicted octanol–water partition coefficient (Wildman–Crippen LogP) is 5.31. The lowest BCUT2D eigenvalue weighted by molar-refractivity contribution is -0.143. The molecule has 0 bridgehead atoms. The van der Waals surface area contributed by atoms with Crippen molar-refractivity contribution in [1.29, 1.82) is 0 Å². The van der Waals surface area contributed by atoms with Crippen molar-refractivity contribution in [2.24, 2.45) is 5.92 Å². The van der Waals surface area contributed by atoms with Crippen molar-refractivity contribution < 1.29 is 28.5 Å². The second-order valence-electron chi connectivity index (χ2n) is 8.08. The van der Waals surface area contributed by atoms with Gasteiger partial charge in [0.2, 0.25) is 0 Å². The molecule has 6 nitrogen and oxygen atoms in total. The van der Waals surface area contributed by atoms with E-state index in [4.69, 9.17) is 18.9 Å². The molecule has 1 unspecified atom stereocenters. The van der Waals surface area contributed by atoms with E-state index < -0.39 is 0 Å². The van der Waals surface area contributed by atoms with E-state index in [1.807, 2.05) is 62.4 Å². The molecule has 0 heterocycles. The van der Waals surface area contributed by atoms with Gasteiger partial charge in [-0.1, -0.05) is 18.2 Å². The van der Waals surface area contributed by atoms with Gasteiger partial charge in [0.25, 0.3) is 0 Å². The highest BCUT2D eigenvalue weighted by Crippen LogP contribution is 2.30. The first-order valence-electron chi connectivity index (χ1n) is 10.9. The quantitative estimate of drug-likeness (QED) is 0.490. The molecule has 3 aromatic carbocycles. The van der Waals surface area contributed by atoms with Crippen LogP contribution in [0.25, 0.3) is 16.8 Å². The molecule has 0 aliphatic heterocycles. The fraction of sp³-hybridized carbons (Fsp3) is 0.286. The number of methoxy groups -OCH3 is 4. The summed E-state index contributed by atoms with van der Waals surface area (Å²) in [6.45, 7) is 4.03. The third kappa shape index (κ3) is 5.39. The third-order valence-corrected chi connectivity index (χ3v) is 5.94. The normalized spacial score (nSPS) is 13.9. The molecule has 4 rings (SSSR count). The monoisotopic (exact) mass is 462 g/mol. The number of aryl methyl sites for hydroxylation is 2. The van der Waals surface area contributed by atoms with Gasteiger partial charge in [-0.25, -0.2) is 4.79 Å². The number of hydrogen-bond donors (Lipinski definition) is 0. The Balaban J connectivity index is 0.000000191. The summed E-state index contributed by atoms with van der Waals surface area (Å²) in [6.07, 6.45) is 4.57. The Labute approximate surface area is 200 Å². The minimum Gasteiger partial charge on any atom is -0.497 e. The van der Waals surface area contributed by atoms with E-state index in [0.29, 0.717) is 12.0 Å². The largest absolute Gasteiger partial charge is 0.497 e. The molecule has 1 aliphatic rings. The molecule has 0 radical (unpaired) electrons. The van der Waals surface area contributed by atoms with Crippen LogP contribution < -0.4 is 9.47 Å². The lowest BCUT2D eigenvalue weighted by Gasteiger charge is -2.20. The molecule has 0 N–H and O–H groups in total. The maximum atomic E-state index is 11.5. The maximum Gasteiger partial charge on any atom is 0.337 e. The van der Waals surface area contributed by atoms with Gasteiger partial charge in [0.15, 0.2) is 0 Å². The average Bonchev–Trinajstić information content (AvgIpc) is 2.87. The van der Waals surface area contributed by atoms with Crippen LogP contribution in [-0.2, 0) is 20.7 Å². The molecule has 6 heteroatoms. The minimum atomic E-state index is -0.317. The van der Waals surface area contributed by atoms with Crippen molar-refractivity contribution >= 4 is 28.8 Å². The Morgan fingerprint density at radius 2 is 1.50 bits per heavy atom. The first-order valence-corrected chi connectivity index (χ1v) is 10.9. The van der Waals surface area contributed by atoms with Gasteiger partial charge in [-0.2, -0.15) is 0 Å². The van der Waals surface area contributed by atoms with E-state index in [1.165, 1.54) is 19.8 Å². The predicted molar refractivity (Wildman–Crippen MR) is 133 cm³/mol. The topological polar surface area (TPSA) is 71.1 Å². The van der Waals surface area contributed by atoms with Gasteiger partial charge in [0.1, 0.15) is 11.5 Å². The minimum absolute atomic E-state index is 0.167. The molecule has 3 aromatic rings. The van der Waals surface area contributed by atoms with Crippen LogP contribution in [0.5, 0.6) is 11.5 Å². The molecule has 0 saturated heterocycles. The molecule has 34 heavy (non-hydrogen) atoms. The summed E-state index contributed by atoms with van der Waals surface area (Å²) in [7, 11) is 6.11. The number of ether oxygens (including phenoxy) is 4. The maximum absolute atomic E-state index is 11.5. The summed E-state index contributed by atoms with van der Waals surface area (Å²) in [4.78, 5) is 23.0. The van der Waals surface area contributed by atoms with Gasteiger partial charge in [-0.15, -0.1) is 0 Å². The number of carbonyl (C=O) groups excluding carboxylic acids is 2. The lowest BCUT2D eigenvalue weighted by Crippen LogP contribution is -2.19. The van der Waals surface area contributed by atoms with Gasteiger partial charge in [0, 0.05) is 0 Å². The van der Waals surface area contributed by atoms with Crippen molar-refractivity contribution in [2.75, 3.05) is 28.4 Å². The Morgan fingerprint density at radius 1 is 0.824 bits per heavy atom. The van der Waals surface area contributed by atoms with Gasteiger partial charge in [-0.05, 0) is 89.7 Å². The summed E-state index contributed by atoms with van der Waals surface area (Å²) in [6, 6.07) is 13.4. The molecule has 0 amide bonds. The number of rotatable bonds is 4. The smallest absolute Gasteiger partial charge is 0.337 e. The van der Waals surface area contributed by atoms with Crippen molar-refractivity contribution in [3.63, 3.8) is 0 Å². The zero-order valence-corrected chi connectivity index (χ0v) is 20.4. The fourth-order valence-electron chi connectivity index (χ4n) is 4.05.